The van der Waals surface area contributed by atoms with Crippen LogP contribution in [-0.4, -0.2) is 16.4 Å². The molecule has 0 amide bonds. The van der Waals surface area contributed by atoms with Crippen molar-refractivity contribution in [3.63, 3.8) is 0 Å². The van der Waals surface area contributed by atoms with Crippen LogP contribution in [0.4, 0.5) is 0 Å². The minimum Gasteiger partial charge on any atom is -0.267 e. The molecule has 0 bridgehead atoms. The van der Waals surface area contributed by atoms with Gasteiger partial charge in [-0.15, -0.1) is 0 Å². The maximum Gasteiger partial charge on any atom is 0.149 e. The van der Waals surface area contributed by atoms with Crippen LogP contribution in [0.1, 0.15) is 54.4 Å². The Morgan fingerprint density at radius 1 is 1.20 bits per heavy atom. The third kappa shape index (κ3) is 2.20. The summed E-state index contributed by atoms with van der Waals surface area (Å²) in [4.78, 5) is 9.22. The number of nitriles is 1. The van der Waals surface area contributed by atoms with Crippen LogP contribution in [0.5, 0.6) is 0 Å². The quantitative estimate of drug-likeness (QED) is 0.702. The first-order valence-electron chi connectivity index (χ1n) is 6.97. The third-order valence-electron chi connectivity index (χ3n) is 4.75. The van der Waals surface area contributed by atoms with Gasteiger partial charge in [-0.05, 0) is 25.8 Å². The van der Waals surface area contributed by atoms with Crippen molar-refractivity contribution < 1.29 is 0 Å². The summed E-state index contributed by atoms with van der Waals surface area (Å²) in [5.74, 6) is 0. The molecule has 0 aromatic carbocycles. The van der Waals surface area contributed by atoms with Crippen LogP contribution in [0.25, 0.3) is 0 Å². The summed E-state index contributed by atoms with van der Waals surface area (Å²) in [6.07, 6.45) is 1.57. The van der Waals surface area contributed by atoms with Crippen molar-refractivity contribution >= 4 is 22.5 Å². The van der Waals surface area contributed by atoms with Crippen molar-refractivity contribution in [1.29, 1.82) is 5.26 Å². The molecule has 0 spiro atoms. The van der Waals surface area contributed by atoms with Gasteiger partial charge >= 0.3 is 0 Å². The van der Waals surface area contributed by atoms with E-state index in [4.69, 9.17) is 16.6 Å². The predicted octanol–water partition coefficient (Wildman–Crippen LogP) is 4.48. The standard InChI is InChI=1S/C16H22ClN3/c1-10(13-14(2,3)8-12(17)19-13)11-7-15(4,5)16(6,9-18)20-11/h7-8H2,1-6H3/b13-10-. The molecule has 20 heavy (non-hydrogen) atoms. The normalized spacial score (nSPS) is 33.5. The molecule has 0 aliphatic carbocycles. The molecule has 2 heterocycles. The van der Waals surface area contributed by atoms with E-state index in [0.717, 1.165) is 29.8 Å². The average Bonchev–Trinajstić information content (AvgIpc) is 2.72. The maximum atomic E-state index is 9.45. The summed E-state index contributed by atoms with van der Waals surface area (Å²) in [6, 6.07) is 2.36. The molecule has 3 nitrogen and oxygen atoms in total. The Kier molecular flexibility index (Phi) is 3.38. The molecule has 108 valence electrons. The molecule has 0 saturated carbocycles. The van der Waals surface area contributed by atoms with Gasteiger partial charge in [-0.1, -0.05) is 39.3 Å². The monoisotopic (exact) mass is 291 g/mol. The Morgan fingerprint density at radius 2 is 1.80 bits per heavy atom. The second-order valence-corrected chi connectivity index (χ2v) is 7.76. The van der Waals surface area contributed by atoms with E-state index in [0.29, 0.717) is 5.17 Å². The van der Waals surface area contributed by atoms with E-state index in [2.05, 4.69) is 38.8 Å². The topological polar surface area (TPSA) is 48.5 Å². The van der Waals surface area contributed by atoms with Gasteiger partial charge in [-0.2, -0.15) is 5.26 Å². The molecular formula is C16H22ClN3. The van der Waals surface area contributed by atoms with Crippen molar-refractivity contribution in [3.05, 3.63) is 11.3 Å². The molecule has 0 aromatic rings. The summed E-state index contributed by atoms with van der Waals surface area (Å²) in [6.45, 7) is 12.5. The van der Waals surface area contributed by atoms with Crippen LogP contribution in [-0.2, 0) is 0 Å². The highest BCUT2D eigenvalue weighted by molar-refractivity contribution is 6.66. The molecule has 1 atom stereocenters. The zero-order valence-corrected chi connectivity index (χ0v) is 13.9. The van der Waals surface area contributed by atoms with Crippen molar-refractivity contribution in [2.24, 2.45) is 20.8 Å². The van der Waals surface area contributed by atoms with Gasteiger partial charge in [-0.3, -0.25) is 4.99 Å². The van der Waals surface area contributed by atoms with E-state index in [-0.39, 0.29) is 10.8 Å². The van der Waals surface area contributed by atoms with Gasteiger partial charge in [0.05, 0.1) is 11.8 Å². The molecular weight excluding hydrogens is 270 g/mol. The van der Waals surface area contributed by atoms with Gasteiger partial charge in [0.15, 0.2) is 0 Å². The second-order valence-electron chi connectivity index (χ2n) is 7.33. The summed E-state index contributed by atoms with van der Waals surface area (Å²) in [7, 11) is 0. The number of halogens is 1. The van der Waals surface area contributed by atoms with Crippen molar-refractivity contribution in [2.45, 2.75) is 59.9 Å². The molecule has 0 radical (unpaired) electrons. The molecule has 0 saturated heterocycles. The molecule has 0 N–H and O–H groups in total. The Labute approximate surface area is 126 Å². The number of rotatable bonds is 1. The Balaban J connectivity index is 2.50. The number of hydrogen-bond donors (Lipinski definition) is 0. The number of allylic oxidation sites excluding steroid dienone is 2. The Morgan fingerprint density at radius 3 is 2.20 bits per heavy atom. The van der Waals surface area contributed by atoms with Gasteiger partial charge < -0.3 is 0 Å². The number of aliphatic imine (C=N–C) groups is 2. The van der Waals surface area contributed by atoms with Gasteiger partial charge in [0.1, 0.15) is 10.7 Å². The van der Waals surface area contributed by atoms with Gasteiger partial charge in [0.2, 0.25) is 0 Å². The Hall–Kier alpha value is -1.14. The number of hydrogen-bond acceptors (Lipinski definition) is 3. The van der Waals surface area contributed by atoms with E-state index in [9.17, 15) is 5.26 Å². The fourth-order valence-corrected chi connectivity index (χ4v) is 3.35. The minimum atomic E-state index is -0.666. The van der Waals surface area contributed by atoms with Crippen LogP contribution in [0.2, 0.25) is 0 Å². The van der Waals surface area contributed by atoms with E-state index in [1.54, 1.807) is 0 Å². The van der Waals surface area contributed by atoms with Crippen LogP contribution in [0.3, 0.4) is 0 Å². The van der Waals surface area contributed by atoms with Crippen molar-refractivity contribution in [2.75, 3.05) is 0 Å². The zero-order valence-electron chi connectivity index (χ0n) is 13.1. The third-order valence-corrected chi connectivity index (χ3v) is 4.97. The molecule has 2 rings (SSSR count). The SMILES string of the molecule is C/C(C1=NC(C)(C#N)C(C)(C)C1)=C1/N=C(Cl)CC1(C)C. The maximum absolute atomic E-state index is 9.45. The lowest BCUT2D eigenvalue weighted by Gasteiger charge is -2.29. The van der Waals surface area contributed by atoms with Gasteiger partial charge in [0.25, 0.3) is 0 Å². The molecule has 2 aliphatic rings. The minimum absolute atomic E-state index is 0.0561. The van der Waals surface area contributed by atoms with Crippen LogP contribution in [0.15, 0.2) is 21.3 Å². The highest BCUT2D eigenvalue weighted by atomic mass is 35.5. The lowest BCUT2D eigenvalue weighted by molar-refractivity contribution is 0.276. The average molecular weight is 292 g/mol. The first kappa shape index (κ1) is 15.3. The van der Waals surface area contributed by atoms with Crippen LogP contribution >= 0.6 is 11.6 Å². The lowest BCUT2D eigenvalue weighted by Crippen LogP contribution is -2.34. The number of nitrogens with zero attached hydrogens (tertiary/aromatic N) is 3. The van der Waals surface area contributed by atoms with Gasteiger partial charge in [-0.25, -0.2) is 4.99 Å². The van der Waals surface area contributed by atoms with E-state index in [1.807, 2.05) is 13.8 Å². The molecule has 2 aliphatic heterocycles. The summed E-state index contributed by atoms with van der Waals surface area (Å²) >= 11 is 6.11. The summed E-state index contributed by atoms with van der Waals surface area (Å²) in [5.41, 5.74) is 2.21. The van der Waals surface area contributed by atoms with Crippen LogP contribution < -0.4 is 0 Å². The lowest BCUT2D eigenvalue weighted by atomic mass is 9.73. The molecule has 0 fully saturated rings. The fraction of sp³-hybridized carbons (Fsp3) is 0.688. The smallest absolute Gasteiger partial charge is 0.149 e. The van der Waals surface area contributed by atoms with E-state index < -0.39 is 5.54 Å². The summed E-state index contributed by atoms with van der Waals surface area (Å²) < 4.78 is 0. The first-order valence-corrected chi connectivity index (χ1v) is 7.35. The van der Waals surface area contributed by atoms with Crippen LogP contribution in [0, 0.1) is 22.2 Å². The first-order chi connectivity index (χ1) is 9.02. The largest absolute Gasteiger partial charge is 0.267 e. The van der Waals surface area contributed by atoms with Crippen molar-refractivity contribution in [1.82, 2.24) is 0 Å². The Bertz CT molecular complexity index is 587. The van der Waals surface area contributed by atoms with E-state index in [1.165, 1.54) is 0 Å². The van der Waals surface area contributed by atoms with Crippen molar-refractivity contribution in [3.8, 4) is 6.07 Å². The summed E-state index contributed by atoms with van der Waals surface area (Å²) in [5, 5.41) is 10.1. The molecule has 1 unspecified atom stereocenters. The predicted molar refractivity (Wildman–Crippen MR) is 84.2 cm³/mol. The molecule has 0 aromatic heterocycles. The zero-order chi connectivity index (χ0) is 15.3. The highest BCUT2D eigenvalue weighted by Crippen LogP contribution is 2.46. The molecule has 4 heteroatoms. The highest BCUT2D eigenvalue weighted by Gasteiger charge is 2.48. The van der Waals surface area contributed by atoms with Gasteiger partial charge in [0, 0.05) is 23.0 Å². The van der Waals surface area contributed by atoms with E-state index >= 15 is 0 Å². The fourth-order valence-electron chi connectivity index (χ4n) is 2.93. The second kappa shape index (κ2) is 4.43.